The summed E-state index contributed by atoms with van der Waals surface area (Å²) in [6.45, 7) is 5.31. The Morgan fingerprint density at radius 2 is 2.40 bits per heavy atom. The van der Waals surface area contributed by atoms with Crippen LogP contribution in [0.5, 0.6) is 0 Å². The van der Waals surface area contributed by atoms with Crippen molar-refractivity contribution in [3.63, 3.8) is 0 Å². The van der Waals surface area contributed by atoms with E-state index in [2.05, 4.69) is 26.3 Å². The zero-order chi connectivity index (χ0) is 17.0. The lowest BCUT2D eigenvalue weighted by Crippen LogP contribution is -2.56. The van der Waals surface area contributed by atoms with E-state index in [1.807, 2.05) is 18.5 Å². The quantitative estimate of drug-likeness (QED) is 0.793. The van der Waals surface area contributed by atoms with Crippen LogP contribution in [0, 0.1) is 5.41 Å². The molecule has 0 spiro atoms. The Kier molecular flexibility index (Phi) is 5.41. The number of likely N-dealkylation sites (tertiary alicyclic amines) is 1. The van der Waals surface area contributed by atoms with Crippen molar-refractivity contribution in [3.05, 3.63) is 46.7 Å². The molecule has 0 N–H and O–H groups in total. The van der Waals surface area contributed by atoms with Crippen LogP contribution < -0.4 is 0 Å². The predicted octanol–water partition coefficient (Wildman–Crippen LogP) is 3.13. The number of hydrogen-bond acceptors (Lipinski definition) is 6. The second-order valence-corrected chi connectivity index (χ2v) is 8.08. The smallest absolute Gasteiger partial charge is 0.107 e. The molecule has 0 saturated carbocycles. The highest BCUT2D eigenvalue weighted by Gasteiger charge is 2.46. The van der Waals surface area contributed by atoms with Gasteiger partial charge in [0.05, 0.1) is 25.9 Å². The standard InChI is InChI=1S/C19H25N3O2S/c1-3-16(11-20-6-1)13-23-15-19-5-2-9-24-17(19)4-8-22(14-19)12-18-21-7-10-25-18/h1,3,6-7,10-11,17H,2,4-5,8-9,12-15H2/t17-,19-/m1/s1. The largest absolute Gasteiger partial charge is 0.377 e. The molecule has 2 aromatic heterocycles. The lowest BCUT2D eigenvalue weighted by atomic mass is 9.73. The van der Waals surface area contributed by atoms with Gasteiger partial charge in [-0.05, 0) is 30.9 Å². The van der Waals surface area contributed by atoms with Gasteiger partial charge in [-0.1, -0.05) is 6.07 Å². The highest BCUT2D eigenvalue weighted by molar-refractivity contribution is 7.09. The van der Waals surface area contributed by atoms with Crippen LogP contribution in [0.3, 0.4) is 0 Å². The molecule has 6 heteroatoms. The summed E-state index contributed by atoms with van der Waals surface area (Å²) in [7, 11) is 0. The van der Waals surface area contributed by atoms with E-state index in [-0.39, 0.29) is 5.41 Å². The van der Waals surface area contributed by atoms with Gasteiger partial charge in [-0.25, -0.2) is 4.98 Å². The van der Waals surface area contributed by atoms with Crippen LogP contribution in [0.25, 0.3) is 0 Å². The average molecular weight is 359 g/mol. The molecular formula is C19H25N3O2S. The SMILES string of the molecule is c1cncc(COC[C@]23CCCO[C@@H]2CCN(Cc2nccs2)C3)c1. The number of fused-ring (bicyclic) bond motifs is 1. The van der Waals surface area contributed by atoms with E-state index in [9.17, 15) is 0 Å². The maximum atomic E-state index is 6.14. The molecule has 2 saturated heterocycles. The van der Waals surface area contributed by atoms with Gasteiger partial charge in [-0.2, -0.15) is 0 Å². The van der Waals surface area contributed by atoms with E-state index >= 15 is 0 Å². The molecule has 0 amide bonds. The number of piperidine rings is 1. The van der Waals surface area contributed by atoms with Gasteiger partial charge in [0, 0.05) is 49.1 Å². The zero-order valence-corrected chi connectivity index (χ0v) is 15.3. The fraction of sp³-hybridized carbons (Fsp3) is 0.579. The van der Waals surface area contributed by atoms with Gasteiger partial charge in [-0.3, -0.25) is 9.88 Å². The Bertz CT molecular complexity index is 652. The van der Waals surface area contributed by atoms with E-state index in [1.165, 1.54) is 11.4 Å². The van der Waals surface area contributed by atoms with E-state index in [0.717, 1.165) is 51.3 Å². The van der Waals surface area contributed by atoms with Gasteiger partial charge in [-0.15, -0.1) is 11.3 Å². The van der Waals surface area contributed by atoms with Crippen molar-refractivity contribution in [1.82, 2.24) is 14.9 Å². The van der Waals surface area contributed by atoms with Gasteiger partial charge in [0.25, 0.3) is 0 Å². The number of thiazole rings is 1. The molecule has 2 aliphatic rings. The lowest BCUT2D eigenvalue weighted by Gasteiger charge is -2.50. The minimum absolute atomic E-state index is 0.107. The first-order valence-electron chi connectivity index (χ1n) is 9.03. The van der Waals surface area contributed by atoms with Gasteiger partial charge >= 0.3 is 0 Å². The second kappa shape index (κ2) is 7.91. The first-order valence-corrected chi connectivity index (χ1v) is 9.91. The number of hydrogen-bond donors (Lipinski definition) is 0. The Balaban J connectivity index is 1.40. The van der Waals surface area contributed by atoms with Gasteiger partial charge in [0.15, 0.2) is 0 Å². The monoisotopic (exact) mass is 359 g/mol. The average Bonchev–Trinajstić information content (AvgIpc) is 3.15. The number of aromatic nitrogens is 2. The first kappa shape index (κ1) is 17.1. The van der Waals surface area contributed by atoms with Crippen molar-refractivity contribution in [3.8, 4) is 0 Å². The molecule has 0 bridgehead atoms. The topological polar surface area (TPSA) is 47.5 Å². The van der Waals surface area contributed by atoms with Gasteiger partial charge in [0.2, 0.25) is 0 Å². The van der Waals surface area contributed by atoms with Crippen molar-refractivity contribution in [1.29, 1.82) is 0 Å². The van der Waals surface area contributed by atoms with E-state index < -0.39 is 0 Å². The van der Waals surface area contributed by atoms with Crippen LogP contribution in [0.15, 0.2) is 36.1 Å². The Morgan fingerprint density at radius 3 is 3.24 bits per heavy atom. The van der Waals surface area contributed by atoms with Crippen molar-refractivity contribution < 1.29 is 9.47 Å². The van der Waals surface area contributed by atoms with E-state index in [1.54, 1.807) is 17.5 Å². The second-order valence-electron chi connectivity index (χ2n) is 7.10. The minimum Gasteiger partial charge on any atom is -0.377 e. The molecule has 0 aliphatic carbocycles. The Morgan fingerprint density at radius 1 is 1.40 bits per heavy atom. The molecule has 4 rings (SSSR count). The van der Waals surface area contributed by atoms with Gasteiger partial charge in [0.1, 0.15) is 5.01 Å². The van der Waals surface area contributed by atoms with E-state index in [4.69, 9.17) is 9.47 Å². The summed E-state index contributed by atoms with van der Waals surface area (Å²) in [4.78, 5) is 11.1. The lowest BCUT2D eigenvalue weighted by molar-refractivity contribution is -0.155. The molecule has 2 aromatic rings. The number of nitrogens with zero attached hydrogens (tertiary/aromatic N) is 3. The fourth-order valence-corrected chi connectivity index (χ4v) is 4.76. The summed E-state index contributed by atoms with van der Waals surface area (Å²) in [6, 6.07) is 4.02. The van der Waals surface area contributed by atoms with Crippen molar-refractivity contribution in [2.75, 3.05) is 26.3 Å². The Labute approximate surface area is 153 Å². The molecule has 0 aromatic carbocycles. The van der Waals surface area contributed by atoms with Crippen LogP contribution in [0.2, 0.25) is 0 Å². The first-order chi connectivity index (χ1) is 12.3. The molecule has 5 nitrogen and oxygen atoms in total. The highest BCUT2D eigenvalue weighted by atomic mass is 32.1. The van der Waals surface area contributed by atoms with Crippen LogP contribution in [-0.4, -0.2) is 47.3 Å². The normalized spacial score (nSPS) is 27.1. The summed E-state index contributed by atoms with van der Waals surface area (Å²) >= 11 is 1.74. The van der Waals surface area contributed by atoms with Crippen molar-refractivity contribution in [2.24, 2.45) is 5.41 Å². The van der Waals surface area contributed by atoms with Crippen LogP contribution >= 0.6 is 11.3 Å². The number of rotatable bonds is 6. The van der Waals surface area contributed by atoms with Crippen LogP contribution in [-0.2, 0) is 22.6 Å². The molecule has 134 valence electrons. The molecule has 0 radical (unpaired) electrons. The molecule has 25 heavy (non-hydrogen) atoms. The molecule has 0 unspecified atom stereocenters. The molecule has 2 aliphatic heterocycles. The van der Waals surface area contributed by atoms with Crippen molar-refractivity contribution in [2.45, 2.75) is 38.5 Å². The molecule has 2 fully saturated rings. The Hall–Kier alpha value is -1.34. The molecule has 4 heterocycles. The zero-order valence-electron chi connectivity index (χ0n) is 14.5. The van der Waals surface area contributed by atoms with Crippen LogP contribution in [0.1, 0.15) is 29.8 Å². The molecule has 2 atom stereocenters. The summed E-state index contributed by atoms with van der Waals surface area (Å²) in [5.41, 5.74) is 1.23. The summed E-state index contributed by atoms with van der Waals surface area (Å²) < 4.78 is 12.3. The van der Waals surface area contributed by atoms with Gasteiger partial charge < -0.3 is 9.47 Å². The number of pyridine rings is 1. The maximum absolute atomic E-state index is 6.14. The highest BCUT2D eigenvalue weighted by Crippen LogP contribution is 2.41. The third-order valence-corrected chi connectivity index (χ3v) is 6.05. The van der Waals surface area contributed by atoms with Crippen molar-refractivity contribution >= 4 is 11.3 Å². The summed E-state index contributed by atoms with van der Waals surface area (Å²) in [5, 5.41) is 3.25. The fourth-order valence-electron chi connectivity index (χ4n) is 4.11. The number of ether oxygens (including phenoxy) is 2. The summed E-state index contributed by atoms with van der Waals surface area (Å²) in [6.07, 6.45) is 9.28. The van der Waals surface area contributed by atoms with Crippen LogP contribution in [0.4, 0.5) is 0 Å². The summed E-state index contributed by atoms with van der Waals surface area (Å²) in [5.74, 6) is 0. The maximum Gasteiger partial charge on any atom is 0.107 e. The third kappa shape index (κ3) is 4.08. The molecular weight excluding hydrogens is 334 g/mol. The van der Waals surface area contributed by atoms with E-state index in [0.29, 0.717) is 12.7 Å². The minimum atomic E-state index is 0.107. The third-order valence-electron chi connectivity index (χ3n) is 5.29. The predicted molar refractivity (Wildman–Crippen MR) is 97.3 cm³/mol.